The molecular weight excluding hydrogens is 352 g/mol. The van der Waals surface area contributed by atoms with Crippen LogP contribution in [0.1, 0.15) is 40.0 Å². The monoisotopic (exact) mass is 382 g/mol. The lowest BCUT2D eigenvalue weighted by Gasteiger charge is -2.27. The van der Waals surface area contributed by atoms with Crippen LogP contribution in [0.2, 0.25) is 0 Å². The van der Waals surface area contributed by atoms with Crippen LogP contribution in [0, 0.1) is 5.92 Å². The molecule has 0 aliphatic rings. The molecule has 2 unspecified atom stereocenters. The van der Waals surface area contributed by atoms with E-state index in [9.17, 15) is 19.5 Å². The molecule has 0 aromatic rings. The van der Waals surface area contributed by atoms with Crippen LogP contribution in [0.3, 0.4) is 0 Å². The molecule has 0 aromatic carbocycles. The van der Waals surface area contributed by atoms with Crippen LogP contribution in [-0.2, 0) is 28.6 Å². The number of ether oxygens (including phenoxy) is 3. The second kappa shape index (κ2) is 12.9. The van der Waals surface area contributed by atoms with Crippen molar-refractivity contribution in [3.05, 3.63) is 36.5 Å². The molecule has 7 nitrogen and oxygen atoms in total. The Morgan fingerprint density at radius 3 is 2.00 bits per heavy atom. The molecule has 0 radical (unpaired) electrons. The second-order valence-electron chi connectivity index (χ2n) is 6.28. The van der Waals surface area contributed by atoms with Crippen molar-refractivity contribution in [3.63, 3.8) is 0 Å². The molecule has 0 bridgehead atoms. The largest absolute Gasteiger partial charge is 0.478 e. The summed E-state index contributed by atoms with van der Waals surface area (Å²) in [6.07, 6.45) is 1.41. The fourth-order valence-electron chi connectivity index (χ4n) is 2.19. The zero-order chi connectivity index (χ0) is 21.0. The fraction of sp³-hybridized carbons (Fsp3) is 0.550. The minimum atomic E-state index is -1.13. The van der Waals surface area contributed by atoms with Crippen molar-refractivity contribution in [2.45, 2.75) is 46.1 Å². The number of carbonyl (C=O) groups excluding carboxylic acids is 2. The Morgan fingerprint density at radius 2 is 1.52 bits per heavy atom. The van der Waals surface area contributed by atoms with Crippen LogP contribution in [0.4, 0.5) is 0 Å². The van der Waals surface area contributed by atoms with Gasteiger partial charge in [-0.05, 0) is 20.3 Å². The highest BCUT2D eigenvalue weighted by molar-refractivity contribution is 5.87. The van der Waals surface area contributed by atoms with E-state index in [1.54, 1.807) is 0 Å². The molecule has 0 saturated carbocycles. The lowest BCUT2D eigenvalue weighted by Crippen LogP contribution is -2.34. The molecule has 2 atom stereocenters. The summed E-state index contributed by atoms with van der Waals surface area (Å²) >= 11 is 0. The molecule has 0 rings (SSSR count). The zero-order valence-electron chi connectivity index (χ0n) is 16.4. The van der Waals surface area contributed by atoms with E-state index in [2.05, 4.69) is 19.7 Å². The van der Waals surface area contributed by atoms with Crippen molar-refractivity contribution in [2.75, 3.05) is 19.8 Å². The number of aliphatic carboxylic acids is 1. The molecule has 7 heteroatoms. The van der Waals surface area contributed by atoms with Gasteiger partial charge in [0.25, 0.3) is 0 Å². The van der Waals surface area contributed by atoms with E-state index < -0.39 is 29.9 Å². The average Bonchev–Trinajstić information content (AvgIpc) is 2.61. The third-order valence-electron chi connectivity index (χ3n) is 3.76. The van der Waals surface area contributed by atoms with Crippen molar-refractivity contribution in [3.8, 4) is 0 Å². The number of hydrogen-bond acceptors (Lipinski definition) is 6. The van der Waals surface area contributed by atoms with E-state index >= 15 is 0 Å². The van der Waals surface area contributed by atoms with E-state index in [0.717, 1.165) is 12.8 Å². The molecule has 0 aromatic heterocycles. The second-order valence-corrected chi connectivity index (χ2v) is 6.28. The van der Waals surface area contributed by atoms with Crippen LogP contribution >= 0.6 is 0 Å². The predicted molar refractivity (Wildman–Crippen MR) is 101 cm³/mol. The topological polar surface area (TPSA) is 99.1 Å². The van der Waals surface area contributed by atoms with E-state index in [1.165, 1.54) is 13.8 Å². The number of carboxylic acids is 1. The maximum Gasteiger partial charge on any atom is 0.333 e. The quantitative estimate of drug-likeness (QED) is 0.280. The summed E-state index contributed by atoms with van der Waals surface area (Å²) in [6.45, 7) is 15.5. The van der Waals surface area contributed by atoms with Crippen LogP contribution in [0.15, 0.2) is 36.5 Å². The molecule has 27 heavy (non-hydrogen) atoms. The maximum absolute atomic E-state index is 11.7. The standard InChI is InChI=1S/C20H30O7/c1-7-8-9-16(15(6)18(21)22)17(12-27-20(24)14(4)5)25-10-11-26-19(23)13(2)3/h16-17H,2,4,6-12H2,1,3,5H3,(H,21,22). The van der Waals surface area contributed by atoms with Crippen molar-refractivity contribution in [1.29, 1.82) is 0 Å². The highest BCUT2D eigenvalue weighted by atomic mass is 16.6. The van der Waals surface area contributed by atoms with Gasteiger partial charge < -0.3 is 19.3 Å². The lowest BCUT2D eigenvalue weighted by atomic mass is 9.89. The summed E-state index contributed by atoms with van der Waals surface area (Å²) in [5, 5.41) is 9.32. The average molecular weight is 382 g/mol. The summed E-state index contributed by atoms with van der Waals surface area (Å²) < 4.78 is 15.8. The van der Waals surface area contributed by atoms with E-state index in [1.807, 2.05) is 6.92 Å². The van der Waals surface area contributed by atoms with Crippen molar-refractivity contribution >= 4 is 17.9 Å². The Bertz CT molecular complexity index is 577. The van der Waals surface area contributed by atoms with E-state index in [0.29, 0.717) is 6.42 Å². The molecule has 152 valence electrons. The molecule has 0 spiro atoms. The molecule has 0 aliphatic heterocycles. The van der Waals surface area contributed by atoms with Gasteiger partial charge in [0.15, 0.2) is 0 Å². The Balaban J connectivity index is 5.08. The number of rotatable bonds is 14. The first-order chi connectivity index (χ1) is 12.6. The van der Waals surface area contributed by atoms with Gasteiger partial charge in [-0.3, -0.25) is 0 Å². The molecule has 0 heterocycles. The normalized spacial score (nSPS) is 12.6. The maximum atomic E-state index is 11.7. The lowest BCUT2D eigenvalue weighted by molar-refractivity contribution is -0.147. The van der Waals surface area contributed by atoms with Gasteiger partial charge in [-0.1, -0.05) is 39.5 Å². The van der Waals surface area contributed by atoms with Gasteiger partial charge in [0.05, 0.1) is 12.7 Å². The number of unbranched alkanes of at least 4 members (excludes halogenated alkanes) is 1. The first-order valence-corrected chi connectivity index (χ1v) is 8.80. The summed E-state index contributed by atoms with van der Waals surface area (Å²) in [6, 6.07) is 0. The van der Waals surface area contributed by atoms with Gasteiger partial charge in [0.2, 0.25) is 0 Å². The summed E-state index contributed by atoms with van der Waals surface area (Å²) in [4.78, 5) is 34.5. The third-order valence-corrected chi connectivity index (χ3v) is 3.76. The van der Waals surface area contributed by atoms with Gasteiger partial charge in [-0.15, -0.1) is 0 Å². The zero-order valence-corrected chi connectivity index (χ0v) is 16.4. The van der Waals surface area contributed by atoms with Gasteiger partial charge in [0.1, 0.15) is 13.2 Å². The SMILES string of the molecule is C=C(C)C(=O)OCCOC(COC(=O)C(=C)C)C(CCCC)C(=C)C(=O)O. The molecule has 1 N–H and O–H groups in total. The van der Waals surface area contributed by atoms with Crippen LogP contribution in [0.5, 0.6) is 0 Å². The smallest absolute Gasteiger partial charge is 0.333 e. The van der Waals surface area contributed by atoms with Crippen LogP contribution in [0.25, 0.3) is 0 Å². The first kappa shape index (κ1) is 24.6. The van der Waals surface area contributed by atoms with Gasteiger partial charge in [-0.25, -0.2) is 14.4 Å². The predicted octanol–water partition coefficient (Wildman–Crippen LogP) is 3.06. The Labute approximate surface area is 160 Å². The first-order valence-electron chi connectivity index (χ1n) is 8.80. The van der Waals surface area contributed by atoms with E-state index in [-0.39, 0.29) is 36.5 Å². The van der Waals surface area contributed by atoms with Crippen molar-refractivity contribution in [2.24, 2.45) is 5.92 Å². The van der Waals surface area contributed by atoms with E-state index in [4.69, 9.17) is 14.2 Å². The number of carboxylic acid groups (broad SMARTS) is 1. The molecule has 0 aliphatic carbocycles. The highest BCUT2D eigenvalue weighted by Gasteiger charge is 2.29. The Kier molecular flexibility index (Phi) is 11.7. The summed E-state index contributed by atoms with van der Waals surface area (Å²) in [7, 11) is 0. The number of carbonyl (C=O) groups is 3. The van der Waals surface area contributed by atoms with Gasteiger partial charge in [-0.2, -0.15) is 0 Å². The Hall–Kier alpha value is -2.41. The van der Waals surface area contributed by atoms with Gasteiger partial charge >= 0.3 is 17.9 Å². The molecular formula is C20H30O7. The summed E-state index contributed by atoms with van der Waals surface area (Å²) in [5.74, 6) is -2.81. The minimum Gasteiger partial charge on any atom is -0.478 e. The van der Waals surface area contributed by atoms with Crippen molar-refractivity contribution < 1.29 is 33.7 Å². The fourth-order valence-corrected chi connectivity index (χ4v) is 2.19. The highest BCUT2D eigenvalue weighted by Crippen LogP contribution is 2.24. The van der Waals surface area contributed by atoms with Crippen LogP contribution < -0.4 is 0 Å². The Morgan fingerprint density at radius 1 is 0.963 bits per heavy atom. The minimum absolute atomic E-state index is 0.0150. The molecule has 0 fully saturated rings. The molecule has 0 amide bonds. The van der Waals surface area contributed by atoms with Crippen LogP contribution in [-0.4, -0.2) is 48.9 Å². The number of hydrogen-bond donors (Lipinski definition) is 1. The van der Waals surface area contributed by atoms with Crippen molar-refractivity contribution in [1.82, 2.24) is 0 Å². The molecule has 0 saturated heterocycles. The van der Waals surface area contributed by atoms with Gasteiger partial charge in [0, 0.05) is 22.6 Å². The summed E-state index contributed by atoms with van der Waals surface area (Å²) in [5.41, 5.74) is 0.479. The third kappa shape index (κ3) is 9.75. The number of esters is 2.